The van der Waals surface area contributed by atoms with Crippen LogP contribution < -0.4 is 10.1 Å². The van der Waals surface area contributed by atoms with Gasteiger partial charge in [-0.3, -0.25) is 4.79 Å². The van der Waals surface area contributed by atoms with Crippen molar-refractivity contribution in [3.8, 4) is 5.88 Å². The van der Waals surface area contributed by atoms with Crippen molar-refractivity contribution in [1.29, 1.82) is 0 Å². The van der Waals surface area contributed by atoms with E-state index in [4.69, 9.17) is 9.47 Å². The lowest BCUT2D eigenvalue weighted by atomic mass is 9.79. The molecule has 1 fully saturated rings. The van der Waals surface area contributed by atoms with Gasteiger partial charge in [0.25, 0.3) is 5.91 Å². The van der Waals surface area contributed by atoms with Gasteiger partial charge in [0, 0.05) is 13.2 Å². The Kier molecular flexibility index (Phi) is 4.83. The molecule has 2 rings (SSSR count). The summed E-state index contributed by atoms with van der Waals surface area (Å²) in [5.41, 5.74) is 0.729. The molecule has 0 atom stereocenters. The number of nitrogens with zero attached hydrogens (tertiary/aromatic N) is 1. The maximum atomic E-state index is 12.6. The number of anilines is 1. The van der Waals surface area contributed by atoms with E-state index in [9.17, 15) is 4.79 Å². The average molecular weight is 292 g/mol. The van der Waals surface area contributed by atoms with Gasteiger partial charge in [-0.05, 0) is 44.6 Å². The molecule has 5 nitrogen and oxygen atoms in total. The Morgan fingerprint density at radius 3 is 2.52 bits per heavy atom. The summed E-state index contributed by atoms with van der Waals surface area (Å²) in [6, 6.07) is 3.55. The van der Waals surface area contributed by atoms with Crippen LogP contribution in [0.4, 0.5) is 5.69 Å². The first-order valence-corrected chi connectivity index (χ1v) is 7.39. The van der Waals surface area contributed by atoms with Crippen molar-refractivity contribution in [3.63, 3.8) is 0 Å². The van der Waals surface area contributed by atoms with Gasteiger partial charge in [-0.1, -0.05) is 6.92 Å². The molecule has 0 unspecified atom stereocenters. The van der Waals surface area contributed by atoms with Crippen LogP contribution in [0.3, 0.4) is 0 Å². The van der Waals surface area contributed by atoms with Gasteiger partial charge in [0.1, 0.15) is 5.60 Å². The third kappa shape index (κ3) is 3.35. The van der Waals surface area contributed by atoms with Gasteiger partial charge in [0.15, 0.2) is 0 Å². The molecule has 1 aliphatic rings. The molecule has 1 N–H and O–H groups in total. The molecule has 0 bridgehead atoms. The summed E-state index contributed by atoms with van der Waals surface area (Å²) in [6.07, 6.45) is 3.56. The predicted octanol–water partition coefficient (Wildman–Crippen LogP) is 2.93. The highest BCUT2D eigenvalue weighted by molar-refractivity contribution is 5.97. The Hall–Kier alpha value is -1.62. The topological polar surface area (TPSA) is 60.5 Å². The molecule has 1 heterocycles. The molecule has 1 aromatic rings. The third-order valence-electron chi connectivity index (χ3n) is 4.40. The van der Waals surface area contributed by atoms with E-state index in [1.165, 1.54) is 0 Å². The van der Waals surface area contributed by atoms with E-state index in [1.54, 1.807) is 20.3 Å². The van der Waals surface area contributed by atoms with Crippen LogP contribution >= 0.6 is 0 Å². The molecule has 1 saturated carbocycles. The zero-order valence-corrected chi connectivity index (χ0v) is 13.2. The number of methoxy groups -OCH3 is 2. The van der Waals surface area contributed by atoms with Crippen LogP contribution in [0, 0.1) is 12.8 Å². The van der Waals surface area contributed by atoms with E-state index >= 15 is 0 Å². The normalized spacial score (nSPS) is 25.4. The smallest absolute Gasteiger partial charge is 0.256 e. The number of pyridine rings is 1. The molecule has 0 radical (unpaired) electrons. The zero-order valence-electron chi connectivity index (χ0n) is 13.2. The number of rotatable bonds is 4. The van der Waals surface area contributed by atoms with Gasteiger partial charge in [-0.2, -0.15) is 0 Å². The van der Waals surface area contributed by atoms with Gasteiger partial charge in [0.2, 0.25) is 5.88 Å². The number of amides is 1. The van der Waals surface area contributed by atoms with Crippen LogP contribution in [-0.2, 0) is 9.53 Å². The first-order chi connectivity index (χ1) is 10.0. The summed E-state index contributed by atoms with van der Waals surface area (Å²) in [7, 11) is 3.19. The van der Waals surface area contributed by atoms with Gasteiger partial charge >= 0.3 is 0 Å². The van der Waals surface area contributed by atoms with Crippen molar-refractivity contribution < 1.29 is 14.3 Å². The number of ether oxygens (including phenoxy) is 2. The monoisotopic (exact) mass is 292 g/mol. The molecule has 21 heavy (non-hydrogen) atoms. The minimum atomic E-state index is -0.709. The summed E-state index contributed by atoms with van der Waals surface area (Å²) < 4.78 is 10.7. The predicted molar refractivity (Wildman–Crippen MR) is 81.5 cm³/mol. The first kappa shape index (κ1) is 15.8. The van der Waals surface area contributed by atoms with Crippen molar-refractivity contribution in [2.24, 2.45) is 5.92 Å². The highest BCUT2D eigenvalue weighted by atomic mass is 16.5. The standard InChI is InChI=1S/C16H24N2O3/c1-11-7-9-16(21-4,10-8-11)15(19)18-13-5-6-14(20-3)17-12(13)2/h5-6,11H,7-10H2,1-4H3,(H,18,19). The van der Waals surface area contributed by atoms with Gasteiger partial charge in [0.05, 0.1) is 18.5 Å². The van der Waals surface area contributed by atoms with Crippen molar-refractivity contribution in [1.82, 2.24) is 4.98 Å². The first-order valence-electron chi connectivity index (χ1n) is 7.39. The summed E-state index contributed by atoms with van der Waals surface area (Å²) in [4.78, 5) is 16.9. The molecule has 5 heteroatoms. The van der Waals surface area contributed by atoms with Crippen molar-refractivity contribution >= 4 is 11.6 Å². The molecule has 0 aromatic carbocycles. The maximum absolute atomic E-state index is 12.6. The molecule has 1 aliphatic carbocycles. The number of hydrogen-bond donors (Lipinski definition) is 1. The quantitative estimate of drug-likeness (QED) is 0.927. The number of carbonyl (C=O) groups excluding carboxylic acids is 1. The number of aromatic nitrogens is 1. The highest BCUT2D eigenvalue weighted by Gasteiger charge is 2.41. The largest absolute Gasteiger partial charge is 0.481 e. The molecule has 1 aromatic heterocycles. The SMILES string of the molecule is COc1ccc(NC(=O)C2(OC)CCC(C)CC2)c(C)n1. The maximum Gasteiger partial charge on any atom is 0.256 e. The molecular weight excluding hydrogens is 268 g/mol. The molecule has 116 valence electrons. The lowest BCUT2D eigenvalue weighted by Crippen LogP contribution is -2.47. The lowest BCUT2D eigenvalue weighted by molar-refractivity contribution is -0.142. The Morgan fingerprint density at radius 2 is 2.00 bits per heavy atom. The second-order valence-electron chi connectivity index (χ2n) is 5.82. The van der Waals surface area contributed by atoms with Crippen molar-refractivity contribution in [3.05, 3.63) is 17.8 Å². The number of hydrogen-bond acceptors (Lipinski definition) is 4. The van der Waals surface area contributed by atoms with Crippen LogP contribution in [0.2, 0.25) is 0 Å². The van der Waals surface area contributed by atoms with Crippen LogP contribution in [0.1, 0.15) is 38.3 Å². The van der Waals surface area contributed by atoms with Crippen molar-refractivity contribution in [2.75, 3.05) is 19.5 Å². The Bertz CT molecular complexity index is 508. The Morgan fingerprint density at radius 1 is 1.33 bits per heavy atom. The Labute approximate surface area is 126 Å². The molecule has 0 saturated heterocycles. The molecule has 0 aliphatic heterocycles. The molecular formula is C16H24N2O3. The molecule has 0 spiro atoms. The minimum absolute atomic E-state index is 0.0769. The molecule has 1 amide bonds. The zero-order chi connectivity index (χ0) is 15.5. The van der Waals surface area contributed by atoms with Crippen molar-refractivity contribution in [2.45, 2.75) is 45.1 Å². The van der Waals surface area contributed by atoms with Gasteiger partial charge in [-0.15, -0.1) is 0 Å². The lowest BCUT2D eigenvalue weighted by Gasteiger charge is -2.36. The van der Waals surface area contributed by atoms with E-state index in [0.29, 0.717) is 17.5 Å². The van der Waals surface area contributed by atoms with E-state index in [0.717, 1.165) is 31.4 Å². The fourth-order valence-corrected chi connectivity index (χ4v) is 2.77. The second kappa shape index (κ2) is 6.43. The van der Waals surface area contributed by atoms with Gasteiger partial charge < -0.3 is 14.8 Å². The Balaban J connectivity index is 2.13. The van der Waals surface area contributed by atoms with Crippen LogP contribution in [-0.4, -0.2) is 30.7 Å². The third-order valence-corrected chi connectivity index (χ3v) is 4.40. The van der Waals surface area contributed by atoms with Crippen LogP contribution in [0.15, 0.2) is 12.1 Å². The summed E-state index contributed by atoms with van der Waals surface area (Å²) in [5.74, 6) is 1.12. The highest BCUT2D eigenvalue weighted by Crippen LogP contribution is 2.35. The van der Waals surface area contributed by atoms with Crippen LogP contribution in [0.25, 0.3) is 0 Å². The minimum Gasteiger partial charge on any atom is -0.481 e. The number of carbonyl (C=O) groups is 1. The van der Waals surface area contributed by atoms with E-state index < -0.39 is 5.60 Å². The summed E-state index contributed by atoms with van der Waals surface area (Å²) in [6.45, 7) is 4.07. The second-order valence-corrected chi connectivity index (χ2v) is 5.82. The average Bonchev–Trinajstić information content (AvgIpc) is 2.50. The number of aryl methyl sites for hydroxylation is 1. The van der Waals surface area contributed by atoms with E-state index in [2.05, 4.69) is 17.2 Å². The number of nitrogens with one attached hydrogen (secondary N) is 1. The van der Waals surface area contributed by atoms with E-state index in [1.807, 2.05) is 13.0 Å². The summed E-state index contributed by atoms with van der Waals surface area (Å²) in [5, 5.41) is 2.96. The fourth-order valence-electron chi connectivity index (χ4n) is 2.77. The fraction of sp³-hybridized carbons (Fsp3) is 0.625. The summed E-state index contributed by atoms with van der Waals surface area (Å²) >= 11 is 0. The van der Waals surface area contributed by atoms with E-state index in [-0.39, 0.29) is 5.91 Å². The van der Waals surface area contributed by atoms with Gasteiger partial charge in [-0.25, -0.2) is 4.98 Å². The van der Waals surface area contributed by atoms with Crippen LogP contribution in [0.5, 0.6) is 5.88 Å².